The van der Waals surface area contributed by atoms with Gasteiger partial charge in [-0.05, 0) is 35.6 Å². The van der Waals surface area contributed by atoms with Crippen LogP contribution in [0.5, 0.6) is 5.75 Å². The molecule has 1 aliphatic rings. The van der Waals surface area contributed by atoms with E-state index in [1.54, 1.807) is 0 Å². The fraction of sp³-hybridized carbons (Fsp3) is 0.417. The van der Waals surface area contributed by atoms with Gasteiger partial charge in [-0.2, -0.15) is 13.2 Å². The maximum Gasteiger partial charge on any atom is 0.418 e. The van der Waals surface area contributed by atoms with E-state index in [0.29, 0.717) is 17.7 Å². The second-order valence-corrected chi connectivity index (χ2v) is 11.6. The van der Waals surface area contributed by atoms with Crippen LogP contribution in [-0.2, 0) is 28.2 Å². The van der Waals surface area contributed by atoms with Crippen molar-refractivity contribution < 1.29 is 31.4 Å². The van der Waals surface area contributed by atoms with Gasteiger partial charge in [0.25, 0.3) is 0 Å². The number of nitrogens with zero attached hydrogens (tertiary/aromatic N) is 2. The molecule has 3 aromatic rings. The van der Waals surface area contributed by atoms with Crippen molar-refractivity contribution in [2.45, 2.75) is 55.3 Å². The van der Waals surface area contributed by atoms with E-state index in [1.807, 2.05) is 0 Å². The summed E-state index contributed by atoms with van der Waals surface area (Å²) in [6.45, 7) is 2.42. The molecule has 1 unspecified atom stereocenters. The van der Waals surface area contributed by atoms with E-state index in [-0.39, 0.29) is 33.4 Å². The summed E-state index contributed by atoms with van der Waals surface area (Å²) >= 11 is 0. The van der Waals surface area contributed by atoms with Gasteiger partial charge >= 0.3 is 6.18 Å². The molecule has 0 aliphatic carbocycles. The molecule has 7 nitrogen and oxygen atoms in total. The van der Waals surface area contributed by atoms with Crippen LogP contribution in [0, 0.1) is 0 Å². The van der Waals surface area contributed by atoms with E-state index < -0.39 is 40.0 Å². The lowest BCUT2D eigenvalue weighted by atomic mass is 9.74. The van der Waals surface area contributed by atoms with Crippen LogP contribution in [-0.4, -0.2) is 47.7 Å². The number of pyridine rings is 2. The highest BCUT2D eigenvalue weighted by molar-refractivity contribution is 7.90. The molecule has 2 aromatic heterocycles. The standard InChI is InChI=1S/C24H25F3N2O5S/c1-22(2,18-11-16(35(3,32)33)10-15-6-9-34-21(15)18)13-23(31,24(25,26)27)14-29-8-5-20(30)17-4-7-28-12-19(17)29/h4-5,7-8,10-12,31H,6,9,13-14H2,1-3H3. The third-order valence-corrected chi connectivity index (χ3v) is 7.48. The Hall–Kier alpha value is -2.92. The maximum atomic E-state index is 14.4. The molecule has 0 spiro atoms. The molecule has 0 bridgehead atoms. The fourth-order valence-electron chi connectivity index (χ4n) is 4.64. The second-order valence-electron chi connectivity index (χ2n) is 9.62. The van der Waals surface area contributed by atoms with E-state index in [9.17, 15) is 31.5 Å². The summed E-state index contributed by atoms with van der Waals surface area (Å²) in [6, 6.07) is 5.35. The van der Waals surface area contributed by atoms with Crippen LogP contribution in [0.2, 0.25) is 0 Å². The Morgan fingerprint density at radius 2 is 1.91 bits per heavy atom. The molecule has 0 saturated carbocycles. The first-order valence-electron chi connectivity index (χ1n) is 10.8. The number of benzene rings is 1. The zero-order chi connectivity index (χ0) is 25.8. The highest BCUT2D eigenvalue weighted by Gasteiger charge is 2.56. The predicted octanol–water partition coefficient (Wildman–Crippen LogP) is 3.40. The quantitative estimate of drug-likeness (QED) is 0.546. The van der Waals surface area contributed by atoms with Crippen molar-refractivity contribution in [3.63, 3.8) is 0 Å². The van der Waals surface area contributed by atoms with Gasteiger partial charge in [-0.1, -0.05) is 13.8 Å². The highest BCUT2D eigenvalue weighted by atomic mass is 32.2. The number of halogens is 3. The third-order valence-electron chi connectivity index (χ3n) is 6.39. The van der Waals surface area contributed by atoms with Gasteiger partial charge in [0, 0.05) is 42.1 Å². The van der Waals surface area contributed by atoms with Gasteiger partial charge < -0.3 is 14.4 Å². The molecule has 1 aliphatic heterocycles. The lowest BCUT2D eigenvalue weighted by Crippen LogP contribution is -2.52. The SMILES string of the molecule is CC(C)(CC(O)(Cn1ccc(=O)c2ccncc21)C(F)(F)F)c1cc(S(C)(=O)=O)cc2c1OCC2. The Bertz CT molecular complexity index is 1460. The molecule has 1 N–H and O–H groups in total. The number of ether oxygens (including phenoxy) is 1. The van der Waals surface area contributed by atoms with Crippen molar-refractivity contribution in [3.05, 3.63) is 64.2 Å². The van der Waals surface area contributed by atoms with Crippen LogP contribution in [0.25, 0.3) is 10.9 Å². The van der Waals surface area contributed by atoms with Gasteiger partial charge in [-0.3, -0.25) is 9.78 Å². The Morgan fingerprint density at radius 1 is 1.20 bits per heavy atom. The normalized spacial score (nSPS) is 16.1. The summed E-state index contributed by atoms with van der Waals surface area (Å²) in [6.07, 6.45) is -0.538. The van der Waals surface area contributed by atoms with Crippen LogP contribution in [0.1, 0.15) is 31.4 Å². The number of fused-ring (bicyclic) bond motifs is 2. The zero-order valence-corrected chi connectivity index (χ0v) is 20.2. The topological polar surface area (TPSA) is 98.5 Å². The van der Waals surface area contributed by atoms with Crippen molar-refractivity contribution in [1.82, 2.24) is 9.55 Å². The molecule has 0 amide bonds. The zero-order valence-electron chi connectivity index (χ0n) is 19.4. The molecule has 1 aromatic carbocycles. The maximum absolute atomic E-state index is 14.4. The summed E-state index contributed by atoms with van der Waals surface area (Å²) in [5.41, 5.74) is -3.90. The molecule has 11 heteroatoms. The molecule has 35 heavy (non-hydrogen) atoms. The summed E-state index contributed by atoms with van der Waals surface area (Å²) in [4.78, 5) is 16.0. The second kappa shape index (κ2) is 8.34. The Labute approximate surface area is 200 Å². The first-order valence-corrected chi connectivity index (χ1v) is 12.7. The van der Waals surface area contributed by atoms with Crippen molar-refractivity contribution in [3.8, 4) is 5.75 Å². The average molecular weight is 511 g/mol. The smallest absolute Gasteiger partial charge is 0.418 e. The molecule has 188 valence electrons. The van der Waals surface area contributed by atoms with Gasteiger partial charge in [0.05, 0.1) is 29.8 Å². The van der Waals surface area contributed by atoms with Crippen molar-refractivity contribution in [1.29, 1.82) is 0 Å². The lowest BCUT2D eigenvalue weighted by molar-refractivity contribution is -0.271. The first kappa shape index (κ1) is 25.2. The van der Waals surface area contributed by atoms with E-state index in [4.69, 9.17) is 4.74 Å². The van der Waals surface area contributed by atoms with E-state index in [2.05, 4.69) is 4.98 Å². The molecule has 0 saturated heterocycles. The average Bonchev–Trinajstić information content (AvgIpc) is 3.22. The van der Waals surface area contributed by atoms with E-state index in [0.717, 1.165) is 16.9 Å². The van der Waals surface area contributed by atoms with Gasteiger partial charge in [0.2, 0.25) is 0 Å². The Balaban J connectivity index is 1.81. The Kier molecular flexibility index (Phi) is 6.00. The van der Waals surface area contributed by atoms with Gasteiger partial charge in [0.1, 0.15) is 5.75 Å². The predicted molar refractivity (Wildman–Crippen MR) is 123 cm³/mol. The molecular formula is C24H25F3N2O5S. The summed E-state index contributed by atoms with van der Waals surface area (Å²) in [5.74, 6) is 0.352. The van der Waals surface area contributed by atoms with Crippen molar-refractivity contribution >= 4 is 20.7 Å². The minimum atomic E-state index is -5.04. The summed E-state index contributed by atoms with van der Waals surface area (Å²) in [7, 11) is -3.64. The monoisotopic (exact) mass is 510 g/mol. The molecule has 0 radical (unpaired) electrons. The molecule has 3 heterocycles. The molecular weight excluding hydrogens is 485 g/mol. The molecule has 0 fully saturated rings. The van der Waals surface area contributed by atoms with Crippen molar-refractivity contribution in [2.24, 2.45) is 0 Å². The highest BCUT2D eigenvalue weighted by Crippen LogP contribution is 2.47. The largest absolute Gasteiger partial charge is 0.493 e. The molecule has 4 rings (SSSR count). The number of alkyl halides is 3. The van der Waals surface area contributed by atoms with E-state index in [1.165, 1.54) is 50.6 Å². The first-order chi connectivity index (χ1) is 16.1. The lowest BCUT2D eigenvalue weighted by Gasteiger charge is -2.39. The minimum absolute atomic E-state index is 0.0159. The van der Waals surface area contributed by atoms with E-state index >= 15 is 0 Å². The van der Waals surface area contributed by atoms with Crippen LogP contribution in [0.3, 0.4) is 0 Å². The van der Waals surface area contributed by atoms with Gasteiger partial charge in [-0.25, -0.2) is 8.42 Å². The van der Waals surface area contributed by atoms with Crippen LogP contribution < -0.4 is 10.2 Å². The number of hydrogen-bond acceptors (Lipinski definition) is 6. The minimum Gasteiger partial charge on any atom is -0.493 e. The van der Waals surface area contributed by atoms with Gasteiger partial charge in [-0.15, -0.1) is 0 Å². The Morgan fingerprint density at radius 3 is 2.57 bits per heavy atom. The number of aromatic nitrogens is 2. The van der Waals surface area contributed by atoms with Crippen LogP contribution >= 0.6 is 0 Å². The number of rotatable bonds is 6. The van der Waals surface area contributed by atoms with Crippen LogP contribution in [0.15, 0.2) is 52.5 Å². The fourth-order valence-corrected chi connectivity index (χ4v) is 5.33. The molecule has 1 atom stereocenters. The third kappa shape index (κ3) is 4.66. The number of hydrogen-bond donors (Lipinski definition) is 1. The summed E-state index contributed by atoms with van der Waals surface area (Å²) in [5, 5.41) is 11.3. The van der Waals surface area contributed by atoms with Crippen molar-refractivity contribution in [2.75, 3.05) is 12.9 Å². The number of sulfone groups is 1. The van der Waals surface area contributed by atoms with Gasteiger partial charge in [0.15, 0.2) is 20.9 Å². The van der Waals surface area contributed by atoms with Crippen LogP contribution in [0.4, 0.5) is 13.2 Å². The summed E-state index contributed by atoms with van der Waals surface area (Å²) < 4.78 is 74.5. The number of aliphatic hydroxyl groups is 1.